The van der Waals surface area contributed by atoms with Crippen LogP contribution >= 0.6 is 23.1 Å². The van der Waals surface area contributed by atoms with Crippen molar-refractivity contribution in [3.8, 4) is 0 Å². The maximum Gasteiger partial charge on any atom is 0.433 e. The molecule has 11 heteroatoms. The van der Waals surface area contributed by atoms with Crippen molar-refractivity contribution in [2.24, 2.45) is 0 Å². The summed E-state index contributed by atoms with van der Waals surface area (Å²) >= 11 is 7.16. The van der Waals surface area contributed by atoms with Gasteiger partial charge in [-0.15, -0.1) is 5.10 Å². The third-order valence-electron chi connectivity index (χ3n) is 5.08. The molecule has 0 aliphatic heterocycles. The van der Waals surface area contributed by atoms with Crippen LogP contribution in [0.2, 0.25) is 5.02 Å². The van der Waals surface area contributed by atoms with E-state index in [-0.39, 0.29) is 23.5 Å². The number of benzene rings is 1. The summed E-state index contributed by atoms with van der Waals surface area (Å²) in [6.07, 6.45) is -1.73. The van der Waals surface area contributed by atoms with Crippen molar-refractivity contribution in [2.45, 2.75) is 43.9 Å². The standard InChI is InChI=1S/C19H17ClF3N5OS/c20-10-1-6-14-13(7-10)15(8-17(26-14)19(21,22)23)24-11-2-4-12(5-3-11)25-18(29)16-9-30-28-27-16/h1,6-9,11-12H,2-5H2,(H,24,26)(H,25,29)/t11-,12+. The molecule has 1 amide bonds. The van der Waals surface area contributed by atoms with Gasteiger partial charge in [-0.1, -0.05) is 16.1 Å². The van der Waals surface area contributed by atoms with Crippen LogP contribution < -0.4 is 10.6 Å². The predicted molar refractivity (Wildman–Crippen MR) is 109 cm³/mol. The lowest BCUT2D eigenvalue weighted by Crippen LogP contribution is -2.40. The van der Waals surface area contributed by atoms with Crippen molar-refractivity contribution in [1.29, 1.82) is 0 Å². The molecule has 2 heterocycles. The van der Waals surface area contributed by atoms with Gasteiger partial charge in [0.1, 0.15) is 5.69 Å². The maximum atomic E-state index is 13.3. The Morgan fingerprint density at radius 2 is 1.87 bits per heavy atom. The average Bonchev–Trinajstić information content (AvgIpc) is 3.24. The third kappa shape index (κ3) is 4.65. The van der Waals surface area contributed by atoms with E-state index in [9.17, 15) is 18.0 Å². The summed E-state index contributed by atoms with van der Waals surface area (Å²) in [6.45, 7) is 0. The molecular formula is C19H17ClF3N5OS. The Labute approximate surface area is 179 Å². The molecular weight excluding hydrogens is 439 g/mol. The molecule has 30 heavy (non-hydrogen) atoms. The van der Waals surface area contributed by atoms with E-state index in [0.29, 0.717) is 47.5 Å². The van der Waals surface area contributed by atoms with Gasteiger partial charge in [0.15, 0.2) is 5.69 Å². The Bertz CT molecular complexity index is 1050. The van der Waals surface area contributed by atoms with Crippen LogP contribution in [0.1, 0.15) is 41.9 Å². The number of rotatable bonds is 4. The fourth-order valence-electron chi connectivity index (χ4n) is 3.59. The van der Waals surface area contributed by atoms with Gasteiger partial charge in [0.05, 0.1) is 5.52 Å². The number of halogens is 4. The van der Waals surface area contributed by atoms with E-state index in [1.165, 1.54) is 12.1 Å². The Kier molecular flexibility index (Phi) is 5.79. The first kappa shape index (κ1) is 20.8. The van der Waals surface area contributed by atoms with Gasteiger partial charge < -0.3 is 10.6 Å². The summed E-state index contributed by atoms with van der Waals surface area (Å²) in [5, 5.41) is 12.5. The predicted octanol–water partition coefficient (Wildman–Crippen LogP) is 4.91. The Hall–Kier alpha value is -2.46. The van der Waals surface area contributed by atoms with Gasteiger partial charge in [-0.3, -0.25) is 4.79 Å². The first-order valence-electron chi connectivity index (χ1n) is 9.31. The van der Waals surface area contributed by atoms with Crippen LogP contribution in [0.15, 0.2) is 29.6 Å². The van der Waals surface area contributed by atoms with Gasteiger partial charge in [-0.2, -0.15) is 13.2 Å². The fourth-order valence-corrected chi connectivity index (χ4v) is 4.20. The molecule has 2 aromatic heterocycles. The summed E-state index contributed by atoms with van der Waals surface area (Å²) in [6, 6.07) is 5.61. The van der Waals surface area contributed by atoms with Crippen LogP contribution in [0.5, 0.6) is 0 Å². The number of nitrogens with one attached hydrogen (secondary N) is 2. The molecule has 0 spiro atoms. The van der Waals surface area contributed by atoms with E-state index in [2.05, 4.69) is 25.2 Å². The molecule has 0 radical (unpaired) electrons. The molecule has 3 aromatic rings. The molecule has 6 nitrogen and oxygen atoms in total. The van der Waals surface area contributed by atoms with E-state index < -0.39 is 11.9 Å². The lowest BCUT2D eigenvalue weighted by Gasteiger charge is -2.30. The van der Waals surface area contributed by atoms with Crippen molar-refractivity contribution in [3.05, 3.63) is 46.1 Å². The first-order chi connectivity index (χ1) is 14.3. The van der Waals surface area contributed by atoms with Crippen LogP contribution in [-0.2, 0) is 6.18 Å². The number of pyridine rings is 1. The number of hydrogen-bond donors (Lipinski definition) is 2. The number of aromatic nitrogens is 3. The van der Waals surface area contributed by atoms with E-state index in [0.717, 1.165) is 17.6 Å². The molecule has 2 N–H and O–H groups in total. The summed E-state index contributed by atoms with van der Waals surface area (Å²) in [5.74, 6) is -0.259. The highest BCUT2D eigenvalue weighted by molar-refractivity contribution is 7.03. The topological polar surface area (TPSA) is 79.8 Å². The molecule has 1 aliphatic carbocycles. The number of nitrogens with zero attached hydrogens (tertiary/aromatic N) is 3. The molecule has 1 saturated carbocycles. The summed E-state index contributed by atoms with van der Waals surface area (Å²) in [4.78, 5) is 15.8. The minimum absolute atomic E-state index is 0.00776. The number of fused-ring (bicyclic) bond motifs is 1. The third-order valence-corrected chi connectivity index (χ3v) is 5.82. The van der Waals surface area contributed by atoms with Crippen LogP contribution in [0, 0.1) is 0 Å². The molecule has 0 unspecified atom stereocenters. The molecule has 0 bridgehead atoms. The minimum Gasteiger partial charge on any atom is -0.382 e. The average molecular weight is 456 g/mol. The van der Waals surface area contributed by atoms with E-state index in [1.54, 1.807) is 11.4 Å². The molecule has 1 aromatic carbocycles. The molecule has 1 aliphatic rings. The normalized spacial score (nSPS) is 19.6. The monoisotopic (exact) mass is 455 g/mol. The number of carbonyl (C=O) groups is 1. The zero-order valence-corrected chi connectivity index (χ0v) is 17.1. The van der Waals surface area contributed by atoms with E-state index in [4.69, 9.17) is 11.6 Å². The van der Waals surface area contributed by atoms with Crippen molar-refractivity contribution < 1.29 is 18.0 Å². The first-order valence-corrected chi connectivity index (χ1v) is 10.5. The summed E-state index contributed by atoms with van der Waals surface area (Å²) < 4.78 is 43.5. The zero-order valence-electron chi connectivity index (χ0n) is 15.5. The van der Waals surface area contributed by atoms with Gasteiger partial charge in [-0.25, -0.2) is 4.98 Å². The van der Waals surface area contributed by atoms with Gasteiger partial charge in [-0.05, 0) is 61.5 Å². The number of hydrogen-bond acceptors (Lipinski definition) is 6. The second-order valence-corrected chi connectivity index (χ2v) is 8.22. The molecule has 1 fully saturated rings. The minimum atomic E-state index is -4.54. The summed E-state index contributed by atoms with van der Waals surface area (Å²) in [5.41, 5.74) is -0.0666. The smallest absolute Gasteiger partial charge is 0.382 e. The lowest BCUT2D eigenvalue weighted by molar-refractivity contribution is -0.140. The molecule has 0 saturated heterocycles. The van der Waals surface area contributed by atoms with Crippen LogP contribution in [0.25, 0.3) is 10.9 Å². The molecule has 4 rings (SSSR count). The van der Waals surface area contributed by atoms with Crippen LogP contribution in [-0.4, -0.2) is 32.6 Å². The highest BCUT2D eigenvalue weighted by atomic mass is 35.5. The number of alkyl halides is 3. The van der Waals surface area contributed by atoms with Crippen LogP contribution in [0.4, 0.5) is 18.9 Å². The van der Waals surface area contributed by atoms with Crippen molar-refractivity contribution in [3.63, 3.8) is 0 Å². The molecule has 158 valence electrons. The van der Waals surface area contributed by atoms with E-state index in [1.807, 2.05) is 0 Å². The van der Waals surface area contributed by atoms with Crippen LogP contribution in [0.3, 0.4) is 0 Å². The second kappa shape index (κ2) is 8.35. The fraction of sp³-hybridized carbons (Fsp3) is 0.368. The number of amides is 1. The van der Waals surface area contributed by atoms with Gasteiger partial charge in [0, 0.05) is 33.6 Å². The van der Waals surface area contributed by atoms with Crippen molar-refractivity contribution >= 4 is 45.6 Å². The Balaban J connectivity index is 1.47. The number of carbonyl (C=O) groups excluding carboxylic acids is 1. The number of anilines is 1. The van der Waals surface area contributed by atoms with Gasteiger partial charge in [0.2, 0.25) is 0 Å². The van der Waals surface area contributed by atoms with Crippen molar-refractivity contribution in [1.82, 2.24) is 19.9 Å². The molecule has 0 atom stereocenters. The van der Waals surface area contributed by atoms with E-state index >= 15 is 0 Å². The zero-order chi connectivity index (χ0) is 21.3. The quantitative estimate of drug-likeness (QED) is 0.584. The highest BCUT2D eigenvalue weighted by Gasteiger charge is 2.34. The second-order valence-electron chi connectivity index (χ2n) is 7.17. The Morgan fingerprint density at radius 3 is 2.53 bits per heavy atom. The van der Waals surface area contributed by atoms with Gasteiger partial charge in [0.25, 0.3) is 5.91 Å². The maximum absolute atomic E-state index is 13.3. The highest BCUT2D eigenvalue weighted by Crippen LogP contribution is 2.35. The van der Waals surface area contributed by atoms with Gasteiger partial charge >= 0.3 is 6.18 Å². The largest absolute Gasteiger partial charge is 0.433 e. The lowest BCUT2D eigenvalue weighted by atomic mass is 9.90. The Morgan fingerprint density at radius 1 is 1.13 bits per heavy atom. The summed E-state index contributed by atoms with van der Waals surface area (Å²) in [7, 11) is 0. The van der Waals surface area contributed by atoms with Crippen molar-refractivity contribution in [2.75, 3.05) is 5.32 Å². The SMILES string of the molecule is O=C(N[C@H]1CC[C@@H](Nc2cc(C(F)(F)F)nc3ccc(Cl)cc23)CC1)c1csnn1.